The van der Waals surface area contributed by atoms with Gasteiger partial charge in [-0.1, -0.05) is 32.9 Å². The van der Waals surface area contributed by atoms with E-state index < -0.39 is 5.41 Å². The van der Waals surface area contributed by atoms with Crippen LogP contribution in [0.2, 0.25) is 0 Å². The Balaban J connectivity index is 0.000000552. The van der Waals surface area contributed by atoms with Crippen molar-refractivity contribution in [3.63, 3.8) is 0 Å². The summed E-state index contributed by atoms with van der Waals surface area (Å²) in [4.78, 5) is 16.1. The molecule has 1 amide bonds. The second-order valence-electron chi connectivity index (χ2n) is 7.71. The van der Waals surface area contributed by atoms with E-state index in [-0.39, 0.29) is 5.91 Å². The molecule has 32 heavy (non-hydrogen) atoms. The Labute approximate surface area is 194 Å². The van der Waals surface area contributed by atoms with Crippen LogP contribution in [-0.2, 0) is 14.9 Å². The molecule has 2 aromatic heterocycles. The standard InChI is InChI=1S/C15H22N2O.C4H6N2.C4H9NO.C2H6/c1-6-7-8-12-11(3)17-10(2)9-13(12)15(4,5)14(16)18;1-4-2-3-5-6-4;1-3-6-4-2-5-1;1-2/h7-9H,6H2,1-5H3,(H2,16,18);2-3H,1H3,(H,5,6);5H,1-4H2;1-2H3/b8-7-;;;. The van der Waals surface area contributed by atoms with Crippen LogP contribution in [0.1, 0.15) is 69.2 Å². The number of pyridine rings is 1. The van der Waals surface area contributed by atoms with Crippen LogP contribution in [0.25, 0.3) is 6.08 Å². The summed E-state index contributed by atoms with van der Waals surface area (Å²) in [5.41, 5.74) is 9.73. The number of nitrogens with one attached hydrogen (secondary N) is 2. The third kappa shape index (κ3) is 10.7. The van der Waals surface area contributed by atoms with Gasteiger partial charge >= 0.3 is 0 Å². The molecule has 0 radical (unpaired) electrons. The first-order chi connectivity index (χ1) is 15.2. The maximum Gasteiger partial charge on any atom is 0.227 e. The van der Waals surface area contributed by atoms with Gasteiger partial charge in [0.25, 0.3) is 0 Å². The molecule has 0 unspecified atom stereocenters. The van der Waals surface area contributed by atoms with Crippen molar-refractivity contribution in [2.45, 2.75) is 67.2 Å². The van der Waals surface area contributed by atoms with E-state index in [9.17, 15) is 4.79 Å². The summed E-state index contributed by atoms with van der Waals surface area (Å²) in [5.74, 6) is -0.321. The van der Waals surface area contributed by atoms with Crippen molar-refractivity contribution < 1.29 is 9.53 Å². The maximum absolute atomic E-state index is 11.6. The molecule has 7 heteroatoms. The summed E-state index contributed by atoms with van der Waals surface area (Å²) in [6.45, 7) is 19.5. The van der Waals surface area contributed by atoms with Crippen LogP contribution in [0.15, 0.2) is 24.4 Å². The van der Waals surface area contributed by atoms with Crippen LogP contribution < -0.4 is 11.1 Å². The molecule has 1 aliphatic rings. The van der Waals surface area contributed by atoms with Gasteiger partial charge in [-0.3, -0.25) is 14.9 Å². The van der Waals surface area contributed by atoms with Crippen molar-refractivity contribution in [1.82, 2.24) is 20.5 Å². The summed E-state index contributed by atoms with van der Waals surface area (Å²) in [5, 5.41) is 9.61. The number of nitrogens with two attached hydrogens (primary N) is 1. The van der Waals surface area contributed by atoms with Gasteiger partial charge in [0.2, 0.25) is 5.91 Å². The molecule has 180 valence electrons. The summed E-state index contributed by atoms with van der Waals surface area (Å²) in [6, 6.07) is 3.87. The van der Waals surface area contributed by atoms with Crippen molar-refractivity contribution in [3.8, 4) is 0 Å². The summed E-state index contributed by atoms with van der Waals surface area (Å²) < 4.78 is 5.01. The largest absolute Gasteiger partial charge is 0.379 e. The van der Waals surface area contributed by atoms with Crippen LogP contribution in [-0.4, -0.2) is 47.4 Å². The van der Waals surface area contributed by atoms with Gasteiger partial charge in [-0.05, 0) is 64.3 Å². The Morgan fingerprint density at radius 2 is 1.84 bits per heavy atom. The molecule has 0 aliphatic carbocycles. The van der Waals surface area contributed by atoms with Gasteiger partial charge in [0.15, 0.2) is 0 Å². The molecule has 7 nitrogen and oxygen atoms in total. The highest BCUT2D eigenvalue weighted by Crippen LogP contribution is 2.29. The number of morpholine rings is 1. The second kappa shape index (κ2) is 16.2. The molecule has 0 spiro atoms. The highest BCUT2D eigenvalue weighted by molar-refractivity contribution is 5.87. The topological polar surface area (TPSA) is 106 Å². The SMILES string of the molecule is C1COCCN1.CC.CC/C=C\c1c(C(C)(C)C(N)=O)cc(C)nc1C.Cc1ccn[nH]1. The zero-order valence-electron chi connectivity index (χ0n) is 21.2. The third-order valence-electron chi connectivity index (χ3n) is 4.67. The number of rotatable bonds is 4. The van der Waals surface area contributed by atoms with Crippen LogP contribution >= 0.6 is 0 Å². The van der Waals surface area contributed by atoms with Crippen LogP contribution in [0.3, 0.4) is 0 Å². The maximum atomic E-state index is 11.6. The van der Waals surface area contributed by atoms with Gasteiger partial charge in [0.1, 0.15) is 0 Å². The Morgan fingerprint density at radius 1 is 1.22 bits per heavy atom. The molecule has 1 saturated heterocycles. The van der Waals surface area contributed by atoms with E-state index >= 15 is 0 Å². The molecular formula is C25H43N5O2. The first-order valence-electron chi connectivity index (χ1n) is 11.4. The van der Waals surface area contributed by atoms with Crippen molar-refractivity contribution in [1.29, 1.82) is 0 Å². The molecule has 3 heterocycles. The highest BCUT2D eigenvalue weighted by atomic mass is 16.5. The minimum Gasteiger partial charge on any atom is -0.379 e. The van der Waals surface area contributed by atoms with Crippen LogP contribution in [0.5, 0.6) is 0 Å². The average molecular weight is 446 g/mol. The van der Waals surface area contributed by atoms with Gasteiger partial charge in [-0.15, -0.1) is 0 Å². The molecular weight excluding hydrogens is 402 g/mol. The van der Waals surface area contributed by atoms with Crippen LogP contribution in [0.4, 0.5) is 0 Å². The average Bonchev–Trinajstić information content (AvgIpc) is 3.27. The molecule has 0 saturated carbocycles. The van der Waals surface area contributed by atoms with E-state index in [1.807, 2.05) is 66.7 Å². The Bertz CT molecular complexity index is 783. The monoisotopic (exact) mass is 445 g/mol. The zero-order valence-corrected chi connectivity index (χ0v) is 21.2. The third-order valence-corrected chi connectivity index (χ3v) is 4.67. The van der Waals surface area contributed by atoms with Gasteiger partial charge < -0.3 is 15.8 Å². The van der Waals surface area contributed by atoms with Crippen molar-refractivity contribution >= 4 is 12.0 Å². The number of carbonyl (C=O) groups excluding carboxylic acids is 1. The molecule has 1 fully saturated rings. The lowest BCUT2D eigenvalue weighted by atomic mass is 9.80. The number of carbonyl (C=O) groups is 1. The van der Waals surface area contributed by atoms with Crippen LogP contribution in [0, 0.1) is 20.8 Å². The number of aryl methyl sites for hydroxylation is 3. The minimum atomic E-state index is -0.689. The number of hydrogen-bond acceptors (Lipinski definition) is 5. The second-order valence-corrected chi connectivity index (χ2v) is 7.71. The number of H-pyrrole nitrogens is 1. The summed E-state index contributed by atoms with van der Waals surface area (Å²) in [7, 11) is 0. The number of hydrogen-bond donors (Lipinski definition) is 3. The Kier molecular flexibility index (Phi) is 14.9. The predicted molar refractivity (Wildman–Crippen MR) is 134 cm³/mol. The number of amides is 1. The molecule has 0 bridgehead atoms. The predicted octanol–water partition coefficient (Wildman–Crippen LogP) is 4.24. The Hall–Kier alpha value is -2.51. The first-order valence-corrected chi connectivity index (χ1v) is 11.4. The van der Waals surface area contributed by atoms with E-state index in [1.54, 1.807) is 6.20 Å². The number of primary amides is 1. The Morgan fingerprint density at radius 3 is 2.19 bits per heavy atom. The van der Waals surface area contributed by atoms with Crippen molar-refractivity contribution in [2.24, 2.45) is 5.73 Å². The lowest BCUT2D eigenvalue weighted by Crippen LogP contribution is -2.36. The summed E-state index contributed by atoms with van der Waals surface area (Å²) >= 11 is 0. The zero-order chi connectivity index (χ0) is 24.6. The van der Waals surface area contributed by atoms with Gasteiger partial charge in [0, 0.05) is 36.4 Å². The number of aromatic amines is 1. The fourth-order valence-electron chi connectivity index (χ4n) is 2.78. The molecule has 2 aromatic rings. The van der Waals surface area contributed by atoms with E-state index in [2.05, 4.69) is 33.5 Å². The molecule has 3 rings (SSSR count). The number of nitrogens with zero attached hydrogens (tertiary/aromatic N) is 2. The van der Waals surface area contributed by atoms with E-state index in [1.165, 1.54) is 0 Å². The normalized spacial score (nSPS) is 13.1. The lowest BCUT2D eigenvalue weighted by Gasteiger charge is -2.24. The van der Waals surface area contributed by atoms with Gasteiger partial charge in [-0.25, -0.2) is 0 Å². The summed E-state index contributed by atoms with van der Waals surface area (Å²) in [6.07, 6.45) is 6.78. The van der Waals surface area contributed by atoms with E-state index in [4.69, 9.17) is 10.5 Å². The first kappa shape index (κ1) is 29.5. The van der Waals surface area contributed by atoms with E-state index in [0.717, 1.165) is 60.9 Å². The lowest BCUT2D eigenvalue weighted by molar-refractivity contribution is -0.122. The number of allylic oxidation sites excluding steroid dienone is 1. The fraction of sp³-hybridized carbons (Fsp3) is 0.560. The highest BCUT2D eigenvalue weighted by Gasteiger charge is 2.30. The molecule has 0 atom stereocenters. The van der Waals surface area contributed by atoms with Gasteiger partial charge in [-0.2, -0.15) is 5.10 Å². The molecule has 4 N–H and O–H groups in total. The molecule has 1 aliphatic heterocycles. The smallest absolute Gasteiger partial charge is 0.227 e. The van der Waals surface area contributed by atoms with E-state index in [0.29, 0.717) is 0 Å². The molecule has 0 aromatic carbocycles. The number of aromatic nitrogens is 3. The fourth-order valence-corrected chi connectivity index (χ4v) is 2.78. The van der Waals surface area contributed by atoms with Crippen molar-refractivity contribution in [3.05, 3.63) is 52.6 Å². The van der Waals surface area contributed by atoms with Crippen molar-refractivity contribution in [2.75, 3.05) is 26.3 Å². The minimum absolute atomic E-state index is 0.321. The quantitative estimate of drug-likeness (QED) is 0.653. The van der Waals surface area contributed by atoms with Gasteiger partial charge in [0.05, 0.1) is 18.6 Å². The number of ether oxygens (including phenoxy) is 1.